The summed E-state index contributed by atoms with van der Waals surface area (Å²) >= 11 is 0. The molecule has 12 nitrogen and oxygen atoms in total. The van der Waals surface area contributed by atoms with Crippen molar-refractivity contribution in [3.05, 3.63) is 144 Å². The van der Waals surface area contributed by atoms with Crippen molar-refractivity contribution in [3.8, 4) is 17.2 Å². The molecule has 69 heavy (non-hydrogen) atoms. The van der Waals surface area contributed by atoms with Crippen molar-refractivity contribution in [1.29, 1.82) is 0 Å². The van der Waals surface area contributed by atoms with Crippen LogP contribution in [-0.4, -0.2) is 60.6 Å². The van der Waals surface area contributed by atoms with Crippen LogP contribution < -0.4 is 46.1 Å². The molecule has 0 saturated heterocycles. The second-order valence-electron chi connectivity index (χ2n) is 17.5. The lowest BCUT2D eigenvalue weighted by molar-refractivity contribution is 0.416. The van der Waals surface area contributed by atoms with E-state index in [-0.39, 0.29) is 0 Å². The molecular weight excluding hydrogens is 865 g/mol. The molecule has 0 unspecified atom stereocenters. The van der Waals surface area contributed by atoms with Crippen LogP contribution in [0.15, 0.2) is 141 Å². The number of ether oxygens (including phenoxy) is 3. The predicted molar refractivity (Wildman–Crippen MR) is 282 cm³/mol. The number of para-hydroxylation sites is 3. The summed E-state index contributed by atoms with van der Waals surface area (Å²) in [6.07, 6.45) is 2.84. The summed E-state index contributed by atoms with van der Waals surface area (Å²) in [4.78, 5) is 0. The molecule has 0 aliphatic rings. The van der Waals surface area contributed by atoms with Crippen LogP contribution in [0.3, 0.4) is 0 Å². The molecule has 0 spiro atoms. The summed E-state index contributed by atoms with van der Waals surface area (Å²) in [5.41, 5.74) is 11.8. The molecule has 7 aromatic carbocycles. The highest BCUT2D eigenvalue weighted by Crippen LogP contribution is 2.39. The van der Waals surface area contributed by atoms with Crippen LogP contribution in [0.2, 0.25) is 0 Å². The third-order valence-corrected chi connectivity index (χ3v) is 12.7. The number of hydrogen-bond donors (Lipinski definition) is 6. The molecule has 0 bridgehead atoms. The van der Waals surface area contributed by atoms with Crippen molar-refractivity contribution < 1.29 is 27.5 Å². The fourth-order valence-electron chi connectivity index (χ4n) is 9.33. The summed E-state index contributed by atoms with van der Waals surface area (Å²) in [6, 6.07) is 43.7. The van der Waals surface area contributed by atoms with E-state index < -0.39 is 0 Å². The van der Waals surface area contributed by atoms with Gasteiger partial charge in [-0.2, -0.15) is 0 Å². The maximum Gasteiger partial charge on any atom is 0.145 e. The maximum absolute atomic E-state index is 6.08. The van der Waals surface area contributed by atoms with E-state index in [1.165, 1.54) is 16.7 Å². The molecule has 0 aliphatic heterocycles. The monoisotopic (exact) mass is 924 g/mol. The quantitative estimate of drug-likeness (QED) is 0.0322. The zero-order valence-electron chi connectivity index (χ0n) is 39.6. The van der Waals surface area contributed by atoms with E-state index in [9.17, 15) is 0 Å². The Balaban J connectivity index is 0.731. The van der Waals surface area contributed by atoms with E-state index >= 15 is 0 Å². The lowest BCUT2D eigenvalue weighted by Gasteiger charge is -2.14. The second kappa shape index (κ2) is 21.3. The van der Waals surface area contributed by atoms with Crippen molar-refractivity contribution in [2.75, 3.05) is 76.5 Å². The zero-order valence-corrected chi connectivity index (χ0v) is 39.6. The van der Waals surface area contributed by atoms with Gasteiger partial charge in [0.1, 0.15) is 50.7 Å². The number of nitrogens with one attached hydrogen (secondary N) is 6. The minimum atomic E-state index is 0.774. The van der Waals surface area contributed by atoms with Crippen LogP contribution in [0.1, 0.15) is 36.0 Å². The summed E-state index contributed by atoms with van der Waals surface area (Å²) < 4.78 is 35.4. The molecule has 10 aromatic rings. The molecule has 10 rings (SSSR count). The Kier molecular flexibility index (Phi) is 14.0. The summed E-state index contributed by atoms with van der Waals surface area (Å²) in [5.74, 6) is 2.32. The molecule has 0 fully saturated rings. The molecule has 0 radical (unpaired) electrons. The molecule has 12 heteroatoms. The van der Waals surface area contributed by atoms with E-state index in [0.717, 1.165) is 178 Å². The van der Waals surface area contributed by atoms with Crippen molar-refractivity contribution in [1.82, 2.24) is 16.0 Å². The molecule has 0 saturated carbocycles. The lowest BCUT2D eigenvalue weighted by Crippen LogP contribution is -2.21. The Labute approximate surface area is 401 Å². The first kappa shape index (κ1) is 45.4. The first-order chi connectivity index (χ1) is 34.0. The van der Waals surface area contributed by atoms with Gasteiger partial charge in [0.25, 0.3) is 0 Å². The Morgan fingerprint density at radius 3 is 0.942 bits per heavy atom. The van der Waals surface area contributed by atoms with Crippen LogP contribution in [0, 0.1) is 0 Å². The third-order valence-electron chi connectivity index (χ3n) is 12.7. The molecular formula is C57H60N6O6. The van der Waals surface area contributed by atoms with E-state index in [0.29, 0.717) is 0 Å². The Morgan fingerprint density at radius 1 is 0.333 bits per heavy atom. The predicted octanol–water partition coefficient (Wildman–Crippen LogP) is 12.2. The maximum atomic E-state index is 6.08. The number of methoxy groups -OCH3 is 3. The molecule has 0 amide bonds. The van der Waals surface area contributed by atoms with Gasteiger partial charge in [0.15, 0.2) is 0 Å². The van der Waals surface area contributed by atoms with Crippen molar-refractivity contribution in [2.24, 2.45) is 0 Å². The SMILES string of the molecule is COc1cc2oc3ccccc3c2cc1NCCCNCc1cc(CNCCCNc2cc3c(cc2OC)oc2ccccc23)cc(CNCCCNc2cc3c(cc2OC)oc2ccccc23)c1. The fraction of sp³-hybridized carbons (Fsp3) is 0.263. The average molecular weight is 925 g/mol. The number of fused-ring (bicyclic) bond motifs is 9. The van der Waals surface area contributed by atoms with Gasteiger partial charge in [-0.1, -0.05) is 72.8 Å². The molecule has 3 heterocycles. The molecule has 354 valence electrons. The second-order valence-corrected chi connectivity index (χ2v) is 17.5. The number of rotatable bonds is 24. The average Bonchev–Trinajstić information content (AvgIpc) is 4.06. The number of furan rings is 3. The van der Waals surface area contributed by atoms with Gasteiger partial charge in [-0.15, -0.1) is 0 Å². The number of benzene rings is 7. The van der Waals surface area contributed by atoms with Crippen LogP contribution in [0.5, 0.6) is 17.2 Å². The number of anilines is 3. The van der Waals surface area contributed by atoms with Gasteiger partial charge in [0.2, 0.25) is 0 Å². The molecule has 3 aromatic heterocycles. The van der Waals surface area contributed by atoms with Gasteiger partial charge in [-0.3, -0.25) is 0 Å². The van der Waals surface area contributed by atoms with E-state index in [1.807, 2.05) is 72.8 Å². The van der Waals surface area contributed by atoms with Crippen LogP contribution in [0.25, 0.3) is 65.8 Å². The van der Waals surface area contributed by atoms with Crippen molar-refractivity contribution in [3.63, 3.8) is 0 Å². The zero-order chi connectivity index (χ0) is 46.9. The standard InChI is InChI=1S/C57H60N6O6/c1-64-55-31-52-43(40-13-4-7-16-49(40)67-52)28-46(55)61-22-10-19-58-34-37-25-38(35-59-20-11-23-62-47-29-44-41-14-5-8-17-50(41)68-53(44)32-56(47)65-2)27-39(26-37)36-60-21-12-24-63-48-30-45-42-15-6-9-18-51(42)69-54(45)33-57(48)66-3/h4-9,13-18,25-33,58-63H,10-12,19-24,34-36H2,1-3H3. The van der Waals surface area contributed by atoms with E-state index in [2.05, 4.69) is 86.5 Å². The van der Waals surface area contributed by atoms with Crippen LogP contribution in [-0.2, 0) is 19.6 Å². The van der Waals surface area contributed by atoms with Crippen LogP contribution >= 0.6 is 0 Å². The number of hydrogen-bond acceptors (Lipinski definition) is 12. The first-order valence-electron chi connectivity index (χ1n) is 24.0. The minimum absolute atomic E-state index is 0.774. The van der Waals surface area contributed by atoms with Crippen molar-refractivity contribution in [2.45, 2.75) is 38.9 Å². The smallest absolute Gasteiger partial charge is 0.145 e. The summed E-state index contributed by atoms with van der Waals surface area (Å²) in [5, 5.41) is 28.5. The van der Waals surface area contributed by atoms with E-state index in [1.54, 1.807) is 21.3 Å². The minimum Gasteiger partial charge on any atom is -0.494 e. The highest BCUT2D eigenvalue weighted by molar-refractivity contribution is 6.08. The van der Waals surface area contributed by atoms with Gasteiger partial charge >= 0.3 is 0 Å². The highest BCUT2D eigenvalue weighted by Gasteiger charge is 2.15. The molecule has 0 atom stereocenters. The van der Waals surface area contributed by atoms with Gasteiger partial charge in [-0.05, 0) is 92.0 Å². The summed E-state index contributed by atoms with van der Waals surface area (Å²) in [7, 11) is 5.10. The third kappa shape index (κ3) is 10.2. The fourth-order valence-corrected chi connectivity index (χ4v) is 9.33. The Morgan fingerprint density at radius 2 is 0.638 bits per heavy atom. The molecule has 6 N–H and O–H groups in total. The van der Waals surface area contributed by atoms with Gasteiger partial charge in [-0.25, -0.2) is 0 Å². The van der Waals surface area contributed by atoms with Crippen LogP contribution in [0.4, 0.5) is 17.1 Å². The normalized spacial score (nSPS) is 11.7. The molecule has 0 aliphatic carbocycles. The topological polar surface area (TPSA) is 139 Å². The Bertz CT molecular complexity index is 2990. The Hall–Kier alpha value is -7.38. The van der Waals surface area contributed by atoms with E-state index in [4.69, 9.17) is 27.5 Å². The largest absolute Gasteiger partial charge is 0.494 e. The van der Waals surface area contributed by atoms with Gasteiger partial charge in [0.05, 0.1) is 38.4 Å². The highest BCUT2D eigenvalue weighted by atomic mass is 16.5. The van der Waals surface area contributed by atoms with Gasteiger partial charge in [0, 0.05) is 89.8 Å². The van der Waals surface area contributed by atoms with Gasteiger partial charge < -0.3 is 59.4 Å². The van der Waals surface area contributed by atoms with Crippen molar-refractivity contribution >= 4 is 82.9 Å². The first-order valence-corrected chi connectivity index (χ1v) is 24.0. The summed E-state index contributed by atoms with van der Waals surface area (Å²) in [6.45, 7) is 7.34. The lowest BCUT2D eigenvalue weighted by atomic mass is 10.0.